The Morgan fingerprint density at radius 2 is 1.95 bits per heavy atom. The van der Waals surface area contributed by atoms with Crippen molar-refractivity contribution in [2.45, 2.75) is 47.1 Å². The summed E-state index contributed by atoms with van der Waals surface area (Å²) in [4.78, 5) is 4.67. The van der Waals surface area contributed by atoms with Crippen LogP contribution in [0.2, 0.25) is 0 Å². The highest BCUT2D eigenvalue weighted by molar-refractivity contribution is 5.74. The molecule has 0 saturated carbocycles. The number of imidazole rings is 1. The van der Waals surface area contributed by atoms with Gasteiger partial charge in [-0.2, -0.15) is 0 Å². The summed E-state index contributed by atoms with van der Waals surface area (Å²) in [5, 5.41) is 0. The molecule has 3 nitrogen and oxygen atoms in total. The number of nitrogens with two attached hydrogens (primary N) is 1. The number of aromatic nitrogens is 2. The summed E-state index contributed by atoms with van der Waals surface area (Å²) in [6, 6.07) is 6.41. The molecule has 2 N–H and O–H groups in total. The zero-order valence-corrected chi connectivity index (χ0v) is 12.3. The van der Waals surface area contributed by atoms with Crippen LogP contribution in [0.1, 0.15) is 36.7 Å². The Labute approximate surface area is 115 Å². The Morgan fingerprint density at radius 1 is 1.21 bits per heavy atom. The molecule has 0 aliphatic rings. The Hall–Kier alpha value is -1.77. The number of rotatable bonds is 4. The molecule has 1 heterocycles. The highest BCUT2D eigenvalue weighted by Crippen LogP contribution is 2.29. The van der Waals surface area contributed by atoms with Gasteiger partial charge in [0.05, 0.1) is 0 Å². The molecule has 3 heteroatoms. The molecule has 1 aromatic carbocycles. The highest BCUT2D eigenvalue weighted by Gasteiger charge is 2.15. The van der Waals surface area contributed by atoms with E-state index in [1.165, 1.54) is 11.1 Å². The Balaban J connectivity index is 2.48. The van der Waals surface area contributed by atoms with Crippen molar-refractivity contribution in [3.8, 4) is 11.3 Å². The van der Waals surface area contributed by atoms with E-state index in [9.17, 15) is 0 Å². The number of benzene rings is 1. The normalized spacial score (nSPS) is 10.9. The van der Waals surface area contributed by atoms with Gasteiger partial charge in [-0.05, 0) is 38.8 Å². The minimum atomic E-state index is 0.791. The summed E-state index contributed by atoms with van der Waals surface area (Å²) >= 11 is 0. The molecular formula is C16H23N3. The van der Waals surface area contributed by atoms with Gasteiger partial charge in [0.15, 0.2) is 0 Å². The van der Waals surface area contributed by atoms with Gasteiger partial charge in [-0.25, -0.2) is 4.98 Å². The van der Waals surface area contributed by atoms with Crippen LogP contribution in [0.5, 0.6) is 0 Å². The smallest absolute Gasteiger partial charge is 0.131 e. The second kappa shape index (κ2) is 5.47. The fourth-order valence-electron chi connectivity index (χ4n) is 2.37. The van der Waals surface area contributed by atoms with E-state index in [1.807, 2.05) is 6.92 Å². The van der Waals surface area contributed by atoms with Gasteiger partial charge in [0.1, 0.15) is 17.3 Å². The summed E-state index contributed by atoms with van der Waals surface area (Å²) in [5.41, 5.74) is 10.8. The number of nitrogen functional groups attached to an aromatic ring is 1. The number of hydrogen-bond donors (Lipinski definition) is 1. The Bertz CT molecular complexity index is 582. The first kappa shape index (κ1) is 13.7. The molecule has 0 radical (unpaired) electrons. The SMILES string of the molecule is CCCCn1c(C)nc(-c2cc(C)ccc2C)c1N. The lowest BCUT2D eigenvalue weighted by atomic mass is 10.0. The third kappa shape index (κ3) is 2.65. The molecule has 1 aromatic heterocycles. The molecule has 0 atom stereocenters. The van der Waals surface area contributed by atoms with E-state index in [0.29, 0.717) is 0 Å². The highest BCUT2D eigenvalue weighted by atomic mass is 15.1. The van der Waals surface area contributed by atoms with Crippen LogP contribution in [0, 0.1) is 20.8 Å². The first-order chi connectivity index (χ1) is 9.04. The summed E-state index contributed by atoms with van der Waals surface area (Å²) in [7, 11) is 0. The third-order valence-corrected chi connectivity index (χ3v) is 3.58. The van der Waals surface area contributed by atoms with Gasteiger partial charge in [0.25, 0.3) is 0 Å². The molecule has 102 valence electrons. The lowest BCUT2D eigenvalue weighted by molar-refractivity contribution is 0.622. The van der Waals surface area contributed by atoms with Crippen molar-refractivity contribution < 1.29 is 0 Å². The fourth-order valence-corrected chi connectivity index (χ4v) is 2.37. The molecular weight excluding hydrogens is 234 g/mol. The van der Waals surface area contributed by atoms with Crippen molar-refractivity contribution >= 4 is 5.82 Å². The largest absolute Gasteiger partial charge is 0.383 e. The zero-order chi connectivity index (χ0) is 14.0. The molecule has 0 saturated heterocycles. The number of aryl methyl sites for hydroxylation is 3. The van der Waals surface area contributed by atoms with Gasteiger partial charge in [-0.1, -0.05) is 31.0 Å². The Kier molecular flexibility index (Phi) is 3.93. The maximum absolute atomic E-state index is 6.30. The minimum absolute atomic E-state index is 0.791. The minimum Gasteiger partial charge on any atom is -0.383 e. The van der Waals surface area contributed by atoms with Crippen LogP contribution in [-0.4, -0.2) is 9.55 Å². The van der Waals surface area contributed by atoms with Crippen LogP contribution in [0.3, 0.4) is 0 Å². The van der Waals surface area contributed by atoms with Gasteiger partial charge in [-0.15, -0.1) is 0 Å². The number of hydrogen-bond acceptors (Lipinski definition) is 2. The van der Waals surface area contributed by atoms with E-state index in [2.05, 4.69) is 48.5 Å². The maximum Gasteiger partial charge on any atom is 0.131 e. The van der Waals surface area contributed by atoms with Crippen LogP contribution in [-0.2, 0) is 6.54 Å². The molecule has 0 amide bonds. The van der Waals surface area contributed by atoms with Crippen LogP contribution in [0.4, 0.5) is 5.82 Å². The molecule has 0 aliphatic heterocycles. The first-order valence-electron chi connectivity index (χ1n) is 6.94. The van der Waals surface area contributed by atoms with E-state index in [4.69, 9.17) is 5.73 Å². The van der Waals surface area contributed by atoms with Crippen molar-refractivity contribution in [1.29, 1.82) is 0 Å². The molecule has 19 heavy (non-hydrogen) atoms. The van der Waals surface area contributed by atoms with Gasteiger partial charge in [0.2, 0.25) is 0 Å². The summed E-state index contributed by atoms with van der Waals surface area (Å²) in [5.74, 6) is 1.79. The van der Waals surface area contributed by atoms with E-state index >= 15 is 0 Å². The molecule has 0 fully saturated rings. The maximum atomic E-state index is 6.30. The predicted molar refractivity (Wildman–Crippen MR) is 81.2 cm³/mol. The van der Waals surface area contributed by atoms with Gasteiger partial charge >= 0.3 is 0 Å². The fraction of sp³-hybridized carbons (Fsp3) is 0.438. The van der Waals surface area contributed by atoms with Crippen molar-refractivity contribution in [3.63, 3.8) is 0 Å². The van der Waals surface area contributed by atoms with Gasteiger partial charge in [-0.3, -0.25) is 0 Å². The molecule has 0 aliphatic carbocycles. The second-order valence-electron chi connectivity index (χ2n) is 5.22. The zero-order valence-electron chi connectivity index (χ0n) is 12.3. The average molecular weight is 257 g/mol. The molecule has 0 bridgehead atoms. The number of unbranched alkanes of at least 4 members (excludes halogenated alkanes) is 1. The molecule has 0 spiro atoms. The van der Waals surface area contributed by atoms with Gasteiger partial charge < -0.3 is 10.3 Å². The lowest BCUT2D eigenvalue weighted by Crippen LogP contribution is -2.05. The summed E-state index contributed by atoms with van der Waals surface area (Å²) < 4.78 is 2.13. The standard InChI is InChI=1S/C16H23N3/c1-5-6-9-19-13(4)18-15(16(19)17)14-10-11(2)7-8-12(14)3/h7-8,10H,5-6,9,17H2,1-4H3. The second-order valence-corrected chi connectivity index (χ2v) is 5.22. The topological polar surface area (TPSA) is 43.8 Å². The summed E-state index contributed by atoms with van der Waals surface area (Å²) in [6.07, 6.45) is 2.30. The molecule has 2 rings (SSSR count). The number of nitrogens with zero attached hydrogens (tertiary/aromatic N) is 2. The van der Waals surface area contributed by atoms with Gasteiger partial charge in [0, 0.05) is 12.1 Å². The van der Waals surface area contributed by atoms with Crippen LogP contribution in [0.25, 0.3) is 11.3 Å². The summed E-state index contributed by atoms with van der Waals surface area (Å²) in [6.45, 7) is 9.37. The first-order valence-corrected chi connectivity index (χ1v) is 6.94. The molecule has 2 aromatic rings. The van der Waals surface area contributed by atoms with E-state index in [0.717, 1.165) is 42.3 Å². The average Bonchev–Trinajstić information content (AvgIpc) is 2.66. The van der Waals surface area contributed by atoms with E-state index < -0.39 is 0 Å². The number of anilines is 1. The van der Waals surface area contributed by atoms with Crippen molar-refractivity contribution in [1.82, 2.24) is 9.55 Å². The monoisotopic (exact) mass is 257 g/mol. The quantitative estimate of drug-likeness (QED) is 0.904. The Morgan fingerprint density at radius 3 is 2.63 bits per heavy atom. The van der Waals surface area contributed by atoms with Crippen molar-refractivity contribution in [2.75, 3.05) is 5.73 Å². The van der Waals surface area contributed by atoms with Crippen molar-refractivity contribution in [2.24, 2.45) is 0 Å². The molecule has 0 unspecified atom stereocenters. The van der Waals surface area contributed by atoms with Crippen LogP contribution < -0.4 is 5.73 Å². The third-order valence-electron chi connectivity index (χ3n) is 3.58. The van der Waals surface area contributed by atoms with Crippen LogP contribution in [0.15, 0.2) is 18.2 Å². The van der Waals surface area contributed by atoms with E-state index in [1.54, 1.807) is 0 Å². The predicted octanol–water partition coefficient (Wildman–Crippen LogP) is 3.86. The van der Waals surface area contributed by atoms with Crippen molar-refractivity contribution in [3.05, 3.63) is 35.2 Å². The van der Waals surface area contributed by atoms with E-state index in [-0.39, 0.29) is 0 Å². The van der Waals surface area contributed by atoms with Crippen LogP contribution >= 0.6 is 0 Å². The lowest BCUT2D eigenvalue weighted by Gasteiger charge is -2.08.